The highest BCUT2D eigenvalue weighted by Gasteiger charge is 2.40. The highest BCUT2D eigenvalue weighted by atomic mass is 32.2. The second-order valence-electron chi connectivity index (χ2n) is 4.66. The summed E-state index contributed by atoms with van der Waals surface area (Å²) >= 11 is 0. The van der Waals surface area contributed by atoms with Gasteiger partial charge in [0, 0.05) is 12.1 Å². The number of rotatable bonds is 5. The first kappa shape index (κ1) is 10.4. The lowest BCUT2D eigenvalue weighted by Gasteiger charge is -2.41. The van der Waals surface area contributed by atoms with Crippen LogP contribution in [0.3, 0.4) is 0 Å². The van der Waals surface area contributed by atoms with Crippen LogP contribution in [0.25, 0.3) is 0 Å². The highest BCUT2D eigenvalue weighted by molar-refractivity contribution is 7.89. The molecule has 0 radical (unpaired) electrons. The van der Waals surface area contributed by atoms with Crippen molar-refractivity contribution in [2.75, 3.05) is 12.3 Å². The van der Waals surface area contributed by atoms with Gasteiger partial charge in [-0.3, -0.25) is 0 Å². The quantitative estimate of drug-likeness (QED) is 0.692. The lowest BCUT2D eigenvalue weighted by molar-refractivity contribution is 0.230. The predicted octanol–water partition coefficient (Wildman–Crippen LogP) is 0.197. The van der Waals surface area contributed by atoms with Crippen molar-refractivity contribution in [1.29, 1.82) is 0 Å². The van der Waals surface area contributed by atoms with Crippen molar-refractivity contribution < 1.29 is 8.42 Å². The summed E-state index contributed by atoms with van der Waals surface area (Å²) in [5, 5.41) is 0. The lowest BCUT2D eigenvalue weighted by Crippen LogP contribution is -2.58. The zero-order valence-corrected chi connectivity index (χ0v) is 9.15. The van der Waals surface area contributed by atoms with E-state index in [1.807, 2.05) is 0 Å². The van der Waals surface area contributed by atoms with E-state index >= 15 is 0 Å². The van der Waals surface area contributed by atoms with Crippen molar-refractivity contribution in [2.24, 2.45) is 11.7 Å². The van der Waals surface area contributed by atoms with E-state index < -0.39 is 10.0 Å². The fraction of sp³-hybridized carbons (Fsp3) is 1.00. The van der Waals surface area contributed by atoms with Gasteiger partial charge in [-0.2, -0.15) is 0 Å². The van der Waals surface area contributed by atoms with Gasteiger partial charge >= 0.3 is 0 Å². The number of nitrogens with two attached hydrogens (primary N) is 1. The molecule has 0 aromatic carbocycles. The molecule has 2 aliphatic carbocycles. The standard InChI is InChI=1S/C9H18N2O2S/c10-7-9(4-1-5-9)11-14(12,13)6-8-2-3-8/h8,11H,1-7,10H2. The van der Waals surface area contributed by atoms with Crippen molar-refractivity contribution in [2.45, 2.75) is 37.6 Å². The number of sulfonamides is 1. The van der Waals surface area contributed by atoms with Gasteiger partial charge in [0.2, 0.25) is 10.0 Å². The Kier molecular flexibility index (Phi) is 2.57. The molecule has 3 N–H and O–H groups in total. The molecule has 0 bridgehead atoms. The van der Waals surface area contributed by atoms with Gasteiger partial charge in [0.25, 0.3) is 0 Å². The molecule has 2 saturated carbocycles. The van der Waals surface area contributed by atoms with Crippen molar-refractivity contribution in [3.05, 3.63) is 0 Å². The molecular formula is C9H18N2O2S. The molecule has 0 spiro atoms. The molecule has 0 amide bonds. The minimum atomic E-state index is -3.08. The number of hydrogen-bond donors (Lipinski definition) is 2. The maximum absolute atomic E-state index is 11.7. The third-order valence-corrected chi connectivity index (χ3v) is 4.88. The van der Waals surface area contributed by atoms with E-state index in [9.17, 15) is 8.42 Å². The minimum absolute atomic E-state index is 0.298. The summed E-state index contributed by atoms with van der Waals surface area (Å²) < 4.78 is 26.1. The van der Waals surface area contributed by atoms with Gasteiger partial charge in [-0.1, -0.05) is 0 Å². The Bertz CT molecular complexity index is 299. The molecule has 0 heterocycles. The first-order valence-electron chi connectivity index (χ1n) is 5.27. The number of nitrogens with one attached hydrogen (secondary N) is 1. The number of hydrogen-bond acceptors (Lipinski definition) is 3. The molecule has 0 atom stereocenters. The normalized spacial score (nSPS) is 25.8. The molecular weight excluding hydrogens is 200 g/mol. The van der Waals surface area contributed by atoms with E-state index in [1.54, 1.807) is 0 Å². The molecule has 0 aromatic rings. The second kappa shape index (κ2) is 3.47. The molecule has 0 aromatic heterocycles. The van der Waals surface area contributed by atoms with Crippen LogP contribution in [0.4, 0.5) is 0 Å². The average molecular weight is 218 g/mol. The fourth-order valence-electron chi connectivity index (χ4n) is 1.92. The van der Waals surface area contributed by atoms with Crippen LogP contribution in [0.2, 0.25) is 0 Å². The van der Waals surface area contributed by atoms with Crippen molar-refractivity contribution in [1.82, 2.24) is 4.72 Å². The third kappa shape index (κ3) is 2.27. The van der Waals surface area contributed by atoms with E-state index in [0.717, 1.165) is 32.1 Å². The van der Waals surface area contributed by atoms with E-state index in [2.05, 4.69) is 4.72 Å². The van der Waals surface area contributed by atoms with E-state index in [4.69, 9.17) is 5.73 Å². The van der Waals surface area contributed by atoms with E-state index in [-0.39, 0.29) is 5.54 Å². The third-order valence-electron chi connectivity index (χ3n) is 3.23. The van der Waals surface area contributed by atoms with E-state index in [0.29, 0.717) is 18.2 Å². The van der Waals surface area contributed by atoms with Crippen LogP contribution in [0.5, 0.6) is 0 Å². The van der Waals surface area contributed by atoms with Crippen LogP contribution in [-0.4, -0.2) is 26.3 Å². The fourth-order valence-corrected chi connectivity index (χ4v) is 3.90. The van der Waals surface area contributed by atoms with Gasteiger partial charge < -0.3 is 5.73 Å². The lowest BCUT2D eigenvalue weighted by atomic mass is 9.78. The Morgan fingerprint density at radius 1 is 1.36 bits per heavy atom. The minimum Gasteiger partial charge on any atom is -0.329 e. The Morgan fingerprint density at radius 3 is 2.36 bits per heavy atom. The SMILES string of the molecule is NCC1(NS(=O)(=O)CC2CC2)CCC1. The van der Waals surface area contributed by atoms with Gasteiger partial charge in [0.15, 0.2) is 0 Å². The summed E-state index contributed by atoms with van der Waals surface area (Å²) in [5.74, 6) is 0.705. The first-order valence-corrected chi connectivity index (χ1v) is 6.92. The average Bonchev–Trinajstić information content (AvgIpc) is 2.80. The molecule has 4 nitrogen and oxygen atoms in total. The van der Waals surface area contributed by atoms with Crippen LogP contribution >= 0.6 is 0 Å². The van der Waals surface area contributed by atoms with Gasteiger partial charge in [0.05, 0.1) is 5.75 Å². The highest BCUT2D eigenvalue weighted by Crippen LogP contribution is 2.34. The summed E-state index contributed by atoms with van der Waals surface area (Å²) in [4.78, 5) is 0. The molecule has 2 rings (SSSR count). The van der Waals surface area contributed by atoms with Crippen LogP contribution in [-0.2, 0) is 10.0 Å². The molecule has 5 heteroatoms. The predicted molar refractivity (Wildman–Crippen MR) is 55.3 cm³/mol. The monoisotopic (exact) mass is 218 g/mol. The Balaban J connectivity index is 1.93. The summed E-state index contributed by atoms with van der Waals surface area (Å²) in [6.07, 6.45) is 5.01. The van der Waals surface area contributed by atoms with E-state index in [1.165, 1.54) is 0 Å². The molecule has 2 aliphatic rings. The topological polar surface area (TPSA) is 72.2 Å². The molecule has 0 unspecified atom stereocenters. The molecule has 2 fully saturated rings. The maximum atomic E-state index is 11.7. The van der Waals surface area contributed by atoms with Crippen LogP contribution in [0.15, 0.2) is 0 Å². The van der Waals surface area contributed by atoms with Crippen molar-refractivity contribution in [3.8, 4) is 0 Å². The second-order valence-corrected chi connectivity index (χ2v) is 6.43. The summed E-state index contributed by atoms with van der Waals surface area (Å²) in [5.41, 5.74) is 5.30. The Hall–Kier alpha value is -0.130. The van der Waals surface area contributed by atoms with Crippen LogP contribution in [0.1, 0.15) is 32.1 Å². The summed E-state index contributed by atoms with van der Waals surface area (Å²) in [6.45, 7) is 0.427. The van der Waals surface area contributed by atoms with Crippen LogP contribution in [0, 0.1) is 5.92 Å². The maximum Gasteiger partial charge on any atom is 0.212 e. The first-order chi connectivity index (χ1) is 6.55. The molecule has 82 valence electrons. The molecule has 0 aliphatic heterocycles. The van der Waals surface area contributed by atoms with Gasteiger partial charge in [0.1, 0.15) is 0 Å². The van der Waals surface area contributed by atoms with Gasteiger partial charge in [-0.25, -0.2) is 13.1 Å². The largest absolute Gasteiger partial charge is 0.329 e. The van der Waals surface area contributed by atoms with Crippen molar-refractivity contribution >= 4 is 10.0 Å². The zero-order chi connectivity index (χ0) is 10.2. The van der Waals surface area contributed by atoms with Gasteiger partial charge in [-0.05, 0) is 38.0 Å². The Labute approximate surface area is 85.3 Å². The van der Waals surface area contributed by atoms with Gasteiger partial charge in [-0.15, -0.1) is 0 Å². The molecule has 14 heavy (non-hydrogen) atoms. The van der Waals surface area contributed by atoms with Crippen LogP contribution < -0.4 is 10.5 Å². The molecule has 0 saturated heterocycles. The smallest absolute Gasteiger partial charge is 0.212 e. The summed E-state index contributed by atoms with van der Waals surface area (Å²) in [7, 11) is -3.08. The summed E-state index contributed by atoms with van der Waals surface area (Å²) in [6, 6.07) is 0. The van der Waals surface area contributed by atoms with Crippen molar-refractivity contribution in [3.63, 3.8) is 0 Å². The zero-order valence-electron chi connectivity index (χ0n) is 8.33. The Morgan fingerprint density at radius 2 is 2.00 bits per heavy atom.